The summed E-state index contributed by atoms with van der Waals surface area (Å²) in [6, 6.07) is 7.81. The fraction of sp³-hybridized carbons (Fsp3) is 0.550. The summed E-state index contributed by atoms with van der Waals surface area (Å²) in [5.41, 5.74) is 1.99. The third-order valence-corrected chi connectivity index (χ3v) is 5.42. The highest BCUT2D eigenvalue weighted by molar-refractivity contribution is 6.00. The van der Waals surface area contributed by atoms with Gasteiger partial charge in [0.2, 0.25) is 17.7 Å². The minimum Gasteiger partial charge on any atom is -0.349 e. The van der Waals surface area contributed by atoms with Crippen LogP contribution in [0.5, 0.6) is 0 Å². The first-order valence-electron chi connectivity index (χ1n) is 9.24. The maximum absolute atomic E-state index is 12.8. The molecule has 2 fully saturated rings. The summed E-state index contributed by atoms with van der Waals surface area (Å²) in [5.74, 6) is -0.0968. The van der Waals surface area contributed by atoms with Gasteiger partial charge in [-0.25, -0.2) is 0 Å². The van der Waals surface area contributed by atoms with E-state index in [0.29, 0.717) is 32.5 Å². The van der Waals surface area contributed by atoms with Gasteiger partial charge in [-0.05, 0) is 31.9 Å². The lowest BCUT2D eigenvalue weighted by atomic mass is 9.94. The fourth-order valence-corrected chi connectivity index (χ4v) is 3.82. The van der Waals surface area contributed by atoms with E-state index in [1.165, 1.54) is 0 Å². The van der Waals surface area contributed by atoms with Crippen molar-refractivity contribution in [1.82, 2.24) is 9.80 Å². The van der Waals surface area contributed by atoms with Crippen molar-refractivity contribution >= 4 is 23.4 Å². The van der Waals surface area contributed by atoms with Gasteiger partial charge in [0.15, 0.2) is 0 Å². The van der Waals surface area contributed by atoms with Crippen LogP contribution in [-0.4, -0.2) is 61.3 Å². The molecule has 1 atom stereocenters. The van der Waals surface area contributed by atoms with Crippen LogP contribution in [0, 0.1) is 18.8 Å². The van der Waals surface area contributed by atoms with E-state index < -0.39 is 0 Å². The fourth-order valence-electron chi connectivity index (χ4n) is 3.82. The molecule has 1 aromatic carbocycles. The number of likely N-dealkylation sites (tertiary alicyclic amines) is 1. The van der Waals surface area contributed by atoms with Crippen LogP contribution in [0.4, 0.5) is 5.69 Å². The molecular weight excluding hydrogens is 330 g/mol. The topological polar surface area (TPSA) is 60.9 Å². The first kappa shape index (κ1) is 18.4. The minimum absolute atomic E-state index is 0.00307. The molecule has 0 aromatic heterocycles. The molecule has 0 spiro atoms. The van der Waals surface area contributed by atoms with Gasteiger partial charge in [0.25, 0.3) is 0 Å². The molecule has 140 valence electrons. The Morgan fingerprint density at radius 1 is 1.04 bits per heavy atom. The molecule has 2 aliphatic rings. The molecule has 2 saturated heterocycles. The van der Waals surface area contributed by atoms with E-state index in [2.05, 4.69) is 0 Å². The van der Waals surface area contributed by atoms with E-state index in [0.717, 1.165) is 11.3 Å². The Bertz CT molecular complexity index is 691. The molecule has 0 saturated carbocycles. The molecule has 3 amide bonds. The molecule has 0 bridgehead atoms. The predicted molar refractivity (Wildman–Crippen MR) is 99.6 cm³/mol. The smallest absolute Gasteiger partial charge is 0.228 e. The Hall–Kier alpha value is -2.37. The molecule has 0 N–H and O–H groups in total. The molecule has 0 radical (unpaired) electrons. The zero-order valence-electron chi connectivity index (χ0n) is 15.8. The van der Waals surface area contributed by atoms with Gasteiger partial charge >= 0.3 is 0 Å². The maximum Gasteiger partial charge on any atom is 0.228 e. The Morgan fingerprint density at radius 2 is 1.65 bits per heavy atom. The summed E-state index contributed by atoms with van der Waals surface area (Å²) in [6.45, 7) is 3.64. The van der Waals surface area contributed by atoms with Gasteiger partial charge in [0.05, 0.1) is 5.92 Å². The summed E-state index contributed by atoms with van der Waals surface area (Å²) in [6.07, 6.45) is 1.67. The quantitative estimate of drug-likeness (QED) is 0.827. The summed E-state index contributed by atoms with van der Waals surface area (Å²) in [5, 5.41) is 0. The Labute approximate surface area is 154 Å². The number of rotatable bonds is 3. The van der Waals surface area contributed by atoms with Gasteiger partial charge in [-0.15, -0.1) is 0 Å². The summed E-state index contributed by atoms with van der Waals surface area (Å²) in [7, 11) is 3.54. The van der Waals surface area contributed by atoms with Crippen LogP contribution in [0.15, 0.2) is 24.3 Å². The number of hydrogen-bond acceptors (Lipinski definition) is 3. The van der Waals surface area contributed by atoms with Crippen molar-refractivity contribution in [2.24, 2.45) is 11.8 Å². The second-order valence-corrected chi connectivity index (χ2v) is 7.57. The number of carbonyl (C=O) groups is 3. The zero-order chi connectivity index (χ0) is 18.8. The number of amides is 3. The highest BCUT2D eigenvalue weighted by Crippen LogP contribution is 2.28. The number of benzene rings is 1. The van der Waals surface area contributed by atoms with Crippen LogP contribution >= 0.6 is 0 Å². The number of hydrogen-bond donors (Lipinski definition) is 0. The third-order valence-electron chi connectivity index (χ3n) is 5.42. The Morgan fingerprint density at radius 3 is 2.23 bits per heavy atom. The third kappa shape index (κ3) is 3.74. The number of aryl methyl sites for hydroxylation is 1. The van der Waals surface area contributed by atoms with Gasteiger partial charge in [-0.2, -0.15) is 0 Å². The lowest BCUT2D eigenvalue weighted by Crippen LogP contribution is -2.45. The highest BCUT2D eigenvalue weighted by atomic mass is 16.2. The number of nitrogens with zero attached hydrogens (tertiary/aromatic N) is 3. The summed E-state index contributed by atoms with van der Waals surface area (Å²) < 4.78 is 0. The molecule has 6 nitrogen and oxygen atoms in total. The molecular formula is C20H27N3O3. The van der Waals surface area contributed by atoms with E-state index in [1.54, 1.807) is 23.9 Å². The van der Waals surface area contributed by atoms with Crippen LogP contribution in [0.2, 0.25) is 0 Å². The molecule has 3 rings (SSSR count). The van der Waals surface area contributed by atoms with Crippen LogP contribution < -0.4 is 4.90 Å². The summed E-state index contributed by atoms with van der Waals surface area (Å²) >= 11 is 0. The van der Waals surface area contributed by atoms with E-state index in [9.17, 15) is 14.4 Å². The average molecular weight is 357 g/mol. The normalized spacial score (nSPS) is 21.2. The van der Waals surface area contributed by atoms with E-state index >= 15 is 0 Å². The number of piperidine rings is 1. The van der Waals surface area contributed by atoms with Crippen molar-refractivity contribution < 1.29 is 14.4 Å². The van der Waals surface area contributed by atoms with Gasteiger partial charge in [-0.1, -0.05) is 17.7 Å². The zero-order valence-corrected chi connectivity index (χ0v) is 15.8. The van der Waals surface area contributed by atoms with Gasteiger partial charge < -0.3 is 14.7 Å². The lowest BCUT2D eigenvalue weighted by Gasteiger charge is -2.33. The van der Waals surface area contributed by atoms with E-state index in [-0.39, 0.29) is 36.0 Å². The average Bonchev–Trinajstić information content (AvgIpc) is 3.03. The van der Waals surface area contributed by atoms with E-state index in [1.807, 2.05) is 36.1 Å². The SMILES string of the molecule is Cc1ccc(N2CC(C(=O)N3CCC(C(=O)N(C)C)CC3)CC2=O)cc1. The summed E-state index contributed by atoms with van der Waals surface area (Å²) in [4.78, 5) is 42.5. The largest absolute Gasteiger partial charge is 0.349 e. The van der Waals surface area contributed by atoms with Crippen LogP contribution in [-0.2, 0) is 14.4 Å². The van der Waals surface area contributed by atoms with Crippen molar-refractivity contribution in [3.63, 3.8) is 0 Å². The second kappa shape index (κ2) is 7.48. The number of carbonyl (C=O) groups excluding carboxylic acids is 3. The maximum atomic E-state index is 12.8. The van der Waals surface area contributed by atoms with Crippen molar-refractivity contribution in [1.29, 1.82) is 0 Å². The van der Waals surface area contributed by atoms with Crippen molar-refractivity contribution in [2.75, 3.05) is 38.6 Å². The Balaban J connectivity index is 1.59. The molecule has 0 aliphatic carbocycles. The first-order valence-corrected chi connectivity index (χ1v) is 9.24. The monoisotopic (exact) mass is 357 g/mol. The molecule has 26 heavy (non-hydrogen) atoms. The molecule has 2 aliphatic heterocycles. The second-order valence-electron chi connectivity index (χ2n) is 7.57. The van der Waals surface area contributed by atoms with Gasteiger partial charge in [0.1, 0.15) is 0 Å². The van der Waals surface area contributed by atoms with Crippen molar-refractivity contribution in [3.05, 3.63) is 29.8 Å². The van der Waals surface area contributed by atoms with Crippen molar-refractivity contribution in [3.8, 4) is 0 Å². The van der Waals surface area contributed by atoms with E-state index in [4.69, 9.17) is 0 Å². The Kier molecular flexibility index (Phi) is 5.30. The van der Waals surface area contributed by atoms with Gasteiger partial charge in [-0.3, -0.25) is 14.4 Å². The highest BCUT2D eigenvalue weighted by Gasteiger charge is 2.38. The standard InChI is InChI=1S/C20H27N3O3/c1-14-4-6-17(7-5-14)23-13-16(12-18(23)24)20(26)22-10-8-15(9-11-22)19(25)21(2)3/h4-7,15-16H,8-13H2,1-3H3. The van der Waals surface area contributed by atoms with Crippen LogP contribution in [0.25, 0.3) is 0 Å². The first-order chi connectivity index (χ1) is 12.4. The molecule has 6 heteroatoms. The van der Waals surface area contributed by atoms with Crippen LogP contribution in [0.3, 0.4) is 0 Å². The molecule has 1 aromatic rings. The number of anilines is 1. The molecule has 1 unspecified atom stereocenters. The van der Waals surface area contributed by atoms with Crippen molar-refractivity contribution in [2.45, 2.75) is 26.2 Å². The van der Waals surface area contributed by atoms with Crippen LogP contribution in [0.1, 0.15) is 24.8 Å². The lowest BCUT2D eigenvalue weighted by molar-refractivity contribution is -0.141. The predicted octanol–water partition coefficient (Wildman–Crippen LogP) is 1.67. The molecule has 2 heterocycles. The minimum atomic E-state index is -0.287. The van der Waals surface area contributed by atoms with Gasteiger partial charge in [0, 0.05) is 51.8 Å².